The van der Waals surface area contributed by atoms with E-state index in [0.717, 1.165) is 24.9 Å². The fraction of sp³-hybridized carbons (Fsp3) is 0.333. The first-order chi connectivity index (χ1) is 9.74. The molecule has 0 radical (unpaired) electrons. The van der Waals surface area contributed by atoms with Crippen LogP contribution in [0.2, 0.25) is 0 Å². The SMILES string of the molecule is O=C(O)c1ccc([C@@H]2CC(c3ccns3)CCN2)cc1. The number of aromatic nitrogens is 1. The largest absolute Gasteiger partial charge is 0.478 e. The minimum atomic E-state index is -0.879. The van der Waals surface area contributed by atoms with Crippen LogP contribution in [0.3, 0.4) is 0 Å². The van der Waals surface area contributed by atoms with Crippen LogP contribution in [0, 0.1) is 0 Å². The van der Waals surface area contributed by atoms with Gasteiger partial charge in [-0.05, 0) is 60.6 Å². The van der Waals surface area contributed by atoms with Gasteiger partial charge in [-0.25, -0.2) is 9.17 Å². The third-order valence-electron chi connectivity index (χ3n) is 3.82. The van der Waals surface area contributed by atoms with E-state index in [4.69, 9.17) is 5.11 Å². The Labute approximate surface area is 121 Å². The van der Waals surface area contributed by atoms with Crippen LogP contribution in [-0.4, -0.2) is 22.0 Å². The number of carbonyl (C=O) groups is 1. The summed E-state index contributed by atoms with van der Waals surface area (Å²) in [5.74, 6) is -0.330. The molecule has 2 aromatic rings. The zero-order valence-corrected chi connectivity index (χ0v) is 11.8. The lowest BCUT2D eigenvalue weighted by molar-refractivity contribution is 0.0697. The maximum absolute atomic E-state index is 10.9. The van der Waals surface area contributed by atoms with E-state index >= 15 is 0 Å². The van der Waals surface area contributed by atoms with Gasteiger partial charge in [-0.2, -0.15) is 0 Å². The van der Waals surface area contributed by atoms with Crippen molar-refractivity contribution >= 4 is 17.5 Å². The van der Waals surface area contributed by atoms with Crippen molar-refractivity contribution in [3.63, 3.8) is 0 Å². The lowest BCUT2D eigenvalue weighted by atomic mass is 9.87. The van der Waals surface area contributed by atoms with E-state index in [9.17, 15) is 4.79 Å². The number of rotatable bonds is 3. The van der Waals surface area contributed by atoms with E-state index in [2.05, 4.69) is 15.8 Å². The van der Waals surface area contributed by atoms with Crippen LogP contribution in [-0.2, 0) is 0 Å². The van der Waals surface area contributed by atoms with Gasteiger partial charge in [-0.3, -0.25) is 0 Å². The molecule has 1 fully saturated rings. The number of piperidine rings is 1. The van der Waals surface area contributed by atoms with Crippen LogP contribution in [0.25, 0.3) is 0 Å². The molecule has 20 heavy (non-hydrogen) atoms. The molecule has 1 aromatic heterocycles. The minimum Gasteiger partial charge on any atom is -0.478 e. The maximum atomic E-state index is 10.9. The third-order valence-corrected chi connectivity index (χ3v) is 4.73. The van der Waals surface area contributed by atoms with Crippen LogP contribution < -0.4 is 5.32 Å². The zero-order valence-electron chi connectivity index (χ0n) is 11.0. The number of hydrogen-bond donors (Lipinski definition) is 2. The summed E-state index contributed by atoms with van der Waals surface area (Å²) in [6.07, 6.45) is 4.03. The number of benzene rings is 1. The zero-order chi connectivity index (χ0) is 13.9. The highest BCUT2D eigenvalue weighted by Crippen LogP contribution is 2.35. The van der Waals surface area contributed by atoms with Crippen molar-refractivity contribution in [2.75, 3.05) is 6.54 Å². The van der Waals surface area contributed by atoms with E-state index in [1.807, 2.05) is 18.3 Å². The van der Waals surface area contributed by atoms with Crippen molar-refractivity contribution in [2.24, 2.45) is 0 Å². The van der Waals surface area contributed by atoms with Crippen molar-refractivity contribution in [1.29, 1.82) is 0 Å². The lowest BCUT2D eigenvalue weighted by Crippen LogP contribution is -2.30. The van der Waals surface area contributed by atoms with Gasteiger partial charge in [0.05, 0.1) is 5.56 Å². The van der Waals surface area contributed by atoms with Gasteiger partial charge in [0.25, 0.3) is 0 Å². The summed E-state index contributed by atoms with van der Waals surface area (Å²) in [7, 11) is 0. The molecule has 0 amide bonds. The fourth-order valence-corrected chi connectivity index (χ4v) is 3.45. The maximum Gasteiger partial charge on any atom is 0.335 e. The van der Waals surface area contributed by atoms with Crippen LogP contribution in [0.5, 0.6) is 0 Å². The highest BCUT2D eigenvalue weighted by molar-refractivity contribution is 7.05. The normalized spacial score (nSPS) is 22.6. The predicted octanol–water partition coefficient (Wildman–Crippen LogP) is 3.05. The van der Waals surface area contributed by atoms with Gasteiger partial charge in [-0.15, -0.1) is 0 Å². The first-order valence-electron chi connectivity index (χ1n) is 6.71. The van der Waals surface area contributed by atoms with Crippen molar-refractivity contribution in [3.8, 4) is 0 Å². The smallest absolute Gasteiger partial charge is 0.335 e. The minimum absolute atomic E-state index is 0.290. The van der Waals surface area contributed by atoms with Gasteiger partial charge in [-0.1, -0.05) is 12.1 Å². The van der Waals surface area contributed by atoms with E-state index < -0.39 is 5.97 Å². The van der Waals surface area contributed by atoms with E-state index in [1.54, 1.807) is 23.7 Å². The number of carboxylic acid groups (broad SMARTS) is 1. The molecule has 1 saturated heterocycles. The molecule has 0 aliphatic carbocycles. The fourth-order valence-electron chi connectivity index (χ4n) is 2.72. The summed E-state index contributed by atoms with van der Waals surface area (Å²) >= 11 is 1.58. The summed E-state index contributed by atoms with van der Waals surface area (Å²) in [5, 5.41) is 12.4. The molecule has 1 aliphatic rings. The van der Waals surface area contributed by atoms with Gasteiger partial charge < -0.3 is 10.4 Å². The molecule has 2 heterocycles. The highest BCUT2D eigenvalue weighted by Gasteiger charge is 2.24. The van der Waals surface area contributed by atoms with Gasteiger partial charge in [0.1, 0.15) is 0 Å². The van der Waals surface area contributed by atoms with Gasteiger partial charge in [0, 0.05) is 17.1 Å². The Morgan fingerprint density at radius 2 is 2.10 bits per heavy atom. The Morgan fingerprint density at radius 1 is 1.30 bits per heavy atom. The molecule has 0 bridgehead atoms. The lowest BCUT2D eigenvalue weighted by Gasteiger charge is -2.30. The molecule has 1 unspecified atom stereocenters. The molecular formula is C15H16N2O2S. The summed E-state index contributed by atoms with van der Waals surface area (Å²) in [6, 6.07) is 9.57. The summed E-state index contributed by atoms with van der Waals surface area (Å²) in [4.78, 5) is 12.2. The van der Waals surface area contributed by atoms with Crippen LogP contribution in [0.4, 0.5) is 0 Å². The van der Waals surface area contributed by atoms with Gasteiger partial charge in [0.15, 0.2) is 0 Å². The number of aromatic carboxylic acids is 1. The monoisotopic (exact) mass is 288 g/mol. The van der Waals surface area contributed by atoms with Gasteiger partial charge in [0.2, 0.25) is 0 Å². The number of carboxylic acids is 1. The Hall–Kier alpha value is -1.72. The predicted molar refractivity (Wildman–Crippen MR) is 78.2 cm³/mol. The van der Waals surface area contributed by atoms with Crippen molar-refractivity contribution < 1.29 is 9.90 Å². The topological polar surface area (TPSA) is 62.2 Å². The molecular weight excluding hydrogens is 272 g/mol. The quantitative estimate of drug-likeness (QED) is 0.911. The van der Waals surface area contributed by atoms with E-state index in [-0.39, 0.29) is 0 Å². The molecule has 1 aromatic carbocycles. The van der Waals surface area contributed by atoms with Crippen molar-refractivity contribution in [2.45, 2.75) is 24.8 Å². The Balaban J connectivity index is 1.75. The average molecular weight is 288 g/mol. The first kappa shape index (κ1) is 13.3. The van der Waals surface area contributed by atoms with Crippen LogP contribution in [0.1, 0.15) is 45.6 Å². The molecule has 0 saturated carbocycles. The van der Waals surface area contributed by atoms with Gasteiger partial charge >= 0.3 is 5.97 Å². The molecule has 5 heteroatoms. The first-order valence-corrected chi connectivity index (χ1v) is 7.48. The summed E-state index contributed by atoms with van der Waals surface area (Å²) < 4.78 is 4.18. The second kappa shape index (κ2) is 5.73. The van der Waals surface area contributed by atoms with Crippen molar-refractivity contribution in [1.82, 2.24) is 9.69 Å². The third kappa shape index (κ3) is 2.73. The molecule has 4 nitrogen and oxygen atoms in total. The number of nitrogens with one attached hydrogen (secondary N) is 1. The van der Waals surface area contributed by atoms with E-state index in [0.29, 0.717) is 17.5 Å². The Morgan fingerprint density at radius 3 is 2.75 bits per heavy atom. The summed E-state index contributed by atoms with van der Waals surface area (Å²) in [5.41, 5.74) is 1.49. The average Bonchev–Trinajstić information content (AvgIpc) is 3.02. The second-order valence-electron chi connectivity index (χ2n) is 5.07. The summed E-state index contributed by atoms with van der Waals surface area (Å²) in [6.45, 7) is 0.980. The number of nitrogens with zero attached hydrogens (tertiary/aromatic N) is 1. The molecule has 0 spiro atoms. The molecule has 1 aliphatic heterocycles. The number of hydrogen-bond acceptors (Lipinski definition) is 4. The highest BCUT2D eigenvalue weighted by atomic mass is 32.1. The van der Waals surface area contributed by atoms with Crippen LogP contribution in [0.15, 0.2) is 36.5 Å². The Kier molecular flexibility index (Phi) is 3.80. The molecule has 2 atom stereocenters. The van der Waals surface area contributed by atoms with Crippen molar-refractivity contribution in [3.05, 3.63) is 52.5 Å². The van der Waals surface area contributed by atoms with E-state index in [1.165, 1.54) is 4.88 Å². The molecule has 3 rings (SSSR count). The second-order valence-corrected chi connectivity index (χ2v) is 5.93. The Bertz CT molecular complexity index is 580. The van der Waals surface area contributed by atoms with Crippen LogP contribution >= 0.6 is 11.5 Å². The molecule has 2 N–H and O–H groups in total. The molecule has 104 valence electrons. The standard InChI is InChI=1S/C15H16N2O2S/c18-15(19)11-3-1-10(2-4-11)13-9-12(5-7-16-13)14-6-8-17-20-14/h1-4,6,8,12-13,16H,5,7,9H2,(H,18,19)/t12?,13-/m0/s1.